The number of nitrogens with two attached hydrogens (primary N) is 1. The number of hydrogen-bond donors (Lipinski definition) is 2. The fraction of sp³-hybridized carbons (Fsp3) is 0.250. The van der Waals surface area contributed by atoms with Gasteiger partial charge in [0.1, 0.15) is 0 Å². The molecule has 1 aromatic carbocycles. The molecule has 0 amide bonds. The second-order valence-electron chi connectivity index (χ2n) is 3.64. The third-order valence-corrected chi connectivity index (χ3v) is 3.34. The van der Waals surface area contributed by atoms with Gasteiger partial charge in [-0.05, 0) is 36.2 Å². The number of nitrogen functional groups attached to an aromatic ring is 1. The van der Waals surface area contributed by atoms with Crippen LogP contribution in [0.5, 0.6) is 5.75 Å². The maximum absolute atomic E-state index is 5.93. The standard InChI is InChI=1S/C12H14ClN3OS/c1-2-17-10-11(14)16-18-12(10)15-7-8-4-3-5-9(13)6-8/h3-6,15H,2,7H2,1H3,(H2,14,16). The molecule has 0 aliphatic heterocycles. The van der Waals surface area contributed by atoms with Crippen LogP contribution >= 0.6 is 23.1 Å². The Kier molecular flexibility index (Phi) is 4.28. The molecule has 0 atom stereocenters. The van der Waals surface area contributed by atoms with Crippen LogP contribution in [0.3, 0.4) is 0 Å². The number of nitrogens with zero attached hydrogens (tertiary/aromatic N) is 1. The van der Waals surface area contributed by atoms with Gasteiger partial charge in [0.05, 0.1) is 6.61 Å². The lowest BCUT2D eigenvalue weighted by molar-refractivity contribution is 0.344. The summed E-state index contributed by atoms with van der Waals surface area (Å²) in [6, 6.07) is 7.69. The number of benzene rings is 1. The second kappa shape index (κ2) is 5.93. The first kappa shape index (κ1) is 13.0. The molecule has 2 rings (SSSR count). The summed E-state index contributed by atoms with van der Waals surface area (Å²) in [6.45, 7) is 3.13. The zero-order chi connectivity index (χ0) is 13.0. The van der Waals surface area contributed by atoms with Gasteiger partial charge in [0.2, 0.25) is 0 Å². The van der Waals surface area contributed by atoms with Crippen molar-refractivity contribution in [1.82, 2.24) is 4.37 Å². The van der Waals surface area contributed by atoms with E-state index in [1.807, 2.05) is 31.2 Å². The summed E-state index contributed by atoms with van der Waals surface area (Å²) in [4.78, 5) is 0. The molecule has 4 nitrogen and oxygen atoms in total. The monoisotopic (exact) mass is 283 g/mol. The highest BCUT2D eigenvalue weighted by Gasteiger charge is 2.12. The highest BCUT2D eigenvalue weighted by Crippen LogP contribution is 2.35. The average molecular weight is 284 g/mol. The number of hydrogen-bond acceptors (Lipinski definition) is 5. The lowest BCUT2D eigenvalue weighted by Gasteiger charge is -2.07. The molecule has 0 saturated carbocycles. The van der Waals surface area contributed by atoms with E-state index in [0.717, 1.165) is 15.6 Å². The van der Waals surface area contributed by atoms with Gasteiger partial charge in [-0.25, -0.2) is 0 Å². The van der Waals surface area contributed by atoms with Gasteiger partial charge in [-0.15, -0.1) is 0 Å². The smallest absolute Gasteiger partial charge is 0.197 e. The summed E-state index contributed by atoms with van der Waals surface area (Å²) in [5.74, 6) is 1.06. The van der Waals surface area contributed by atoms with E-state index in [0.29, 0.717) is 24.7 Å². The molecular weight excluding hydrogens is 270 g/mol. The molecule has 0 unspecified atom stereocenters. The van der Waals surface area contributed by atoms with Gasteiger partial charge in [0.15, 0.2) is 16.6 Å². The molecule has 0 aliphatic carbocycles. The van der Waals surface area contributed by atoms with Crippen LogP contribution in [-0.4, -0.2) is 11.0 Å². The van der Waals surface area contributed by atoms with E-state index in [-0.39, 0.29) is 0 Å². The first-order valence-electron chi connectivity index (χ1n) is 5.57. The summed E-state index contributed by atoms with van der Waals surface area (Å²) in [5, 5.41) is 4.82. The summed E-state index contributed by atoms with van der Waals surface area (Å²) >= 11 is 7.22. The molecule has 1 aromatic heterocycles. The number of anilines is 2. The van der Waals surface area contributed by atoms with E-state index in [4.69, 9.17) is 22.1 Å². The van der Waals surface area contributed by atoms with Gasteiger partial charge >= 0.3 is 0 Å². The third kappa shape index (κ3) is 3.05. The van der Waals surface area contributed by atoms with Gasteiger partial charge in [-0.3, -0.25) is 0 Å². The van der Waals surface area contributed by atoms with Crippen LogP contribution in [0.2, 0.25) is 5.02 Å². The Morgan fingerprint density at radius 3 is 3.06 bits per heavy atom. The molecule has 2 aromatic rings. The van der Waals surface area contributed by atoms with Crippen LogP contribution in [-0.2, 0) is 6.54 Å². The zero-order valence-electron chi connectivity index (χ0n) is 9.94. The van der Waals surface area contributed by atoms with Crippen molar-refractivity contribution in [2.75, 3.05) is 17.7 Å². The molecule has 0 radical (unpaired) electrons. The minimum atomic E-state index is 0.426. The predicted octanol–water partition coefficient (Wildman–Crippen LogP) is 3.39. The van der Waals surface area contributed by atoms with E-state index in [1.165, 1.54) is 11.5 Å². The van der Waals surface area contributed by atoms with Crippen molar-refractivity contribution in [3.63, 3.8) is 0 Å². The lowest BCUT2D eigenvalue weighted by atomic mass is 10.2. The predicted molar refractivity (Wildman–Crippen MR) is 76.5 cm³/mol. The van der Waals surface area contributed by atoms with Crippen molar-refractivity contribution < 1.29 is 4.74 Å². The Morgan fingerprint density at radius 2 is 2.33 bits per heavy atom. The minimum Gasteiger partial charge on any atom is -0.487 e. The normalized spacial score (nSPS) is 10.3. The summed E-state index contributed by atoms with van der Waals surface area (Å²) in [7, 11) is 0. The minimum absolute atomic E-state index is 0.426. The molecule has 1 heterocycles. The quantitative estimate of drug-likeness (QED) is 0.883. The molecule has 0 saturated heterocycles. The highest BCUT2D eigenvalue weighted by molar-refractivity contribution is 7.11. The number of halogens is 1. The Balaban J connectivity index is 2.06. The summed E-state index contributed by atoms with van der Waals surface area (Å²) in [5.41, 5.74) is 6.83. The van der Waals surface area contributed by atoms with Crippen molar-refractivity contribution in [2.45, 2.75) is 13.5 Å². The molecule has 0 fully saturated rings. The molecule has 96 valence electrons. The fourth-order valence-corrected chi connectivity index (χ4v) is 2.39. The maximum atomic E-state index is 5.93. The Morgan fingerprint density at radius 1 is 1.50 bits per heavy atom. The lowest BCUT2D eigenvalue weighted by Crippen LogP contribution is -2.01. The van der Waals surface area contributed by atoms with Crippen LogP contribution < -0.4 is 15.8 Å². The van der Waals surface area contributed by atoms with E-state index < -0.39 is 0 Å². The first-order chi connectivity index (χ1) is 8.70. The van der Waals surface area contributed by atoms with E-state index >= 15 is 0 Å². The molecule has 18 heavy (non-hydrogen) atoms. The molecule has 6 heteroatoms. The van der Waals surface area contributed by atoms with E-state index in [1.54, 1.807) is 0 Å². The van der Waals surface area contributed by atoms with Gasteiger partial charge in [-0.1, -0.05) is 23.7 Å². The Hall–Kier alpha value is -1.46. The van der Waals surface area contributed by atoms with Crippen LogP contribution in [0.4, 0.5) is 10.8 Å². The molecule has 0 aliphatic rings. The summed E-state index contributed by atoms with van der Waals surface area (Å²) < 4.78 is 9.53. The second-order valence-corrected chi connectivity index (χ2v) is 4.85. The Bertz CT molecular complexity index is 530. The van der Waals surface area contributed by atoms with Crippen molar-refractivity contribution in [3.8, 4) is 5.75 Å². The SMILES string of the molecule is CCOc1c(N)nsc1NCc1cccc(Cl)c1. The van der Waals surface area contributed by atoms with Gasteiger partial charge in [0.25, 0.3) is 0 Å². The van der Waals surface area contributed by atoms with Crippen molar-refractivity contribution >= 4 is 34.0 Å². The Labute approximate surface area is 115 Å². The number of rotatable bonds is 5. The highest BCUT2D eigenvalue weighted by atomic mass is 35.5. The molecule has 0 spiro atoms. The van der Waals surface area contributed by atoms with Gasteiger partial charge < -0.3 is 15.8 Å². The van der Waals surface area contributed by atoms with Crippen molar-refractivity contribution in [3.05, 3.63) is 34.9 Å². The largest absolute Gasteiger partial charge is 0.487 e. The van der Waals surface area contributed by atoms with Gasteiger partial charge in [-0.2, -0.15) is 4.37 Å². The molecule has 3 N–H and O–H groups in total. The molecular formula is C12H14ClN3OS. The zero-order valence-corrected chi connectivity index (χ0v) is 11.5. The number of ether oxygens (including phenoxy) is 1. The number of nitrogens with one attached hydrogen (secondary N) is 1. The van der Waals surface area contributed by atoms with Crippen LogP contribution in [0.15, 0.2) is 24.3 Å². The fourth-order valence-electron chi connectivity index (χ4n) is 1.52. The van der Waals surface area contributed by atoms with E-state index in [9.17, 15) is 0 Å². The third-order valence-electron chi connectivity index (χ3n) is 2.30. The van der Waals surface area contributed by atoms with Crippen molar-refractivity contribution in [2.24, 2.45) is 0 Å². The van der Waals surface area contributed by atoms with Gasteiger partial charge in [0, 0.05) is 11.6 Å². The van der Waals surface area contributed by atoms with Crippen molar-refractivity contribution in [1.29, 1.82) is 0 Å². The molecule has 0 bridgehead atoms. The topological polar surface area (TPSA) is 60.2 Å². The average Bonchev–Trinajstić information content (AvgIpc) is 2.69. The van der Waals surface area contributed by atoms with Crippen LogP contribution in [0.1, 0.15) is 12.5 Å². The first-order valence-corrected chi connectivity index (χ1v) is 6.72. The van der Waals surface area contributed by atoms with Crippen LogP contribution in [0.25, 0.3) is 0 Å². The number of aromatic nitrogens is 1. The van der Waals surface area contributed by atoms with E-state index in [2.05, 4.69) is 9.69 Å². The summed E-state index contributed by atoms with van der Waals surface area (Å²) in [6.07, 6.45) is 0. The maximum Gasteiger partial charge on any atom is 0.197 e. The van der Waals surface area contributed by atoms with Crippen LogP contribution in [0, 0.1) is 0 Å².